The summed E-state index contributed by atoms with van der Waals surface area (Å²) >= 11 is 0. The fraction of sp³-hybridized carbons (Fsp3) is 0.143. The zero-order valence-electron chi connectivity index (χ0n) is 10.4. The van der Waals surface area contributed by atoms with E-state index in [0.29, 0.717) is 18.1 Å². The zero-order chi connectivity index (χ0) is 13.8. The summed E-state index contributed by atoms with van der Waals surface area (Å²) in [4.78, 5) is 16.9. The van der Waals surface area contributed by atoms with E-state index in [4.69, 9.17) is 11.5 Å². The first-order chi connectivity index (χ1) is 9.13. The summed E-state index contributed by atoms with van der Waals surface area (Å²) < 4.78 is 1.82. The van der Waals surface area contributed by atoms with Crippen LogP contribution in [0.15, 0.2) is 30.5 Å². The lowest BCUT2D eigenvalue weighted by Crippen LogP contribution is -2.18. The van der Waals surface area contributed by atoms with Crippen molar-refractivity contribution < 1.29 is 9.90 Å². The second-order valence-corrected chi connectivity index (χ2v) is 3.98. The molecule has 5 nitrogen and oxygen atoms in total. The van der Waals surface area contributed by atoms with Crippen LogP contribution in [0.2, 0.25) is 0 Å². The maximum Gasteiger partial charge on any atom is 0.328 e. The number of aromatic nitrogens is 2. The van der Waals surface area contributed by atoms with E-state index < -0.39 is 5.97 Å². The van der Waals surface area contributed by atoms with Crippen molar-refractivity contribution in [2.24, 2.45) is 0 Å². The van der Waals surface area contributed by atoms with E-state index in [9.17, 15) is 4.79 Å². The number of fused-ring (bicyclic) bond motifs is 1. The molecule has 2 rings (SSSR count). The Bertz CT molecular complexity index is 680. The molecular weight excluding hydrogens is 242 g/mol. The van der Waals surface area contributed by atoms with Crippen LogP contribution in [-0.4, -0.2) is 34.1 Å². The van der Waals surface area contributed by atoms with E-state index in [0.717, 1.165) is 11.7 Å². The summed E-state index contributed by atoms with van der Waals surface area (Å²) in [5.74, 6) is 2.19. The van der Waals surface area contributed by atoms with Gasteiger partial charge in [0.25, 0.3) is 0 Å². The highest BCUT2D eigenvalue weighted by atomic mass is 16.4. The maximum absolute atomic E-state index is 10.7. The van der Waals surface area contributed by atoms with E-state index in [1.54, 1.807) is 4.90 Å². The largest absolute Gasteiger partial charge is 0.478 e. The lowest BCUT2D eigenvalue weighted by molar-refractivity contribution is -0.131. The van der Waals surface area contributed by atoms with Crippen molar-refractivity contribution in [3.63, 3.8) is 0 Å². The van der Waals surface area contributed by atoms with Crippen LogP contribution in [0.25, 0.3) is 11.7 Å². The van der Waals surface area contributed by atoms with Crippen molar-refractivity contribution in [3.8, 4) is 12.3 Å². The minimum absolute atomic E-state index is 0.401. The monoisotopic (exact) mass is 255 g/mol. The van der Waals surface area contributed by atoms with Crippen LogP contribution in [0.1, 0.15) is 5.69 Å². The molecule has 0 atom stereocenters. The first-order valence-electron chi connectivity index (χ1n) is 5.66. The highest BCUT2D eigenvalue weighted by Gasteiger charge is 2.13. The van der Waals surface area contributed by atoms with Crippen LogP contribution in [0.4, 0.5) is 5.82 Å². The van der Waals surface area contributed by atoms with Gasteiger partial charge < -0.3 is 10.0 Å². The summed E-state index contributed by atoms with van der Waals surface area (Å²) in [6.07, 6.45) is 9.73. The highest BCUT2D eigenvalue weighted by molar-refractivity contribution is 5.86. The van der Waals surface area contributed by atoms with Gasteiger partial charge in [-0.05, 0) is 18.2 Å². The molecule has 0 spiro atoms. The van der Waals surface area contributed by atoms with Gasteiger partial charge in [-0.1, -0.05) is 12.0 Å². The van der Waals surface area contributed by atoms with E-state index in [-0.39, 0.29) is 0 Å². The minimum Gasteiger partial charge on any atom is -0.478 e. The Labute approximate surface area is 110 Å². The van der Waals surface area contributed by atoms with Crippen molar-refractivity contribution in [3.05, 3.63) is 36.2 Å². The molecule has 0 aliphatic heterocycles. The van der Waals surface area contributed by atoms with Crippen molar-refractivity contribution in [2.75, 3.05) is 18.5 Å². The van der Waals surface area contributed by atoms with E-state index in [1.807, 2.05) is 35.8 Å². The number of carboxylic acid groups (broad SMARTS) is 1. The second kappa shape index (κ2) is 5.27. The zero-order valence-corrected chi connectivity index (χ0v) is 10.4. The number of aliphatic carboxylic acids is 1. The number of hydrogen-bond donors (Lipinski definition) is 1. The molecule has 19 heavy (non-hydrogen) atoms. The van der Waals surface area contributed by atoms with Crippen LogP contribution in [-0.2, 0) is 4.79 Å². The van der Waals surface area contributed by atoms with Crippen LogP contribution < -0.4 is 4.90 Å². The predicted octanol–water partition coefficient (Wildman–Crippen LogP) is 1.50. The molecule has 0 unspecified atom stereocenters. The summed E-state index contributed by atoms with van der Waals surface area (Å²) in [6.45, 7) is 0.401. The Morgan fingerprint density at radius 1 is 1.63 bits per heavy atom. The van der Waals surface area contributed by atoms with E-state index in [2.05, 4.69) is 10.9 Å². The van der Waals surface area contributed by atoms with Crippen LogP contribution in [0.3, 0.4) is 0 Å². The SMILES string of the molecule is C#CCN(C)c1nc2ccccn2c1/C=C/C(=O)O. The summed E-state index contributed by atoms with van der Waals surface area (Å²) in [7, 11) is 1.82. The highest BCUT2D eigenvalue weighted by Crippen LogP contribution is 2.21. The Kier molecular flexibility index (Phi) is 3.53. The smallest absolute Gasteiger partial charge is 0.328 e. The Balaban J connectivity index is 2.58. The molecule has 0 aliphatic carbocycles. The van der Waals surface area contributed by atoms with Gasteiger partial charge in [0.05, 0.1) is 12.2 Å². The minimum atomic E-state index is -1.00. The van der Waals surface area contributed by atoms with Gasteiger partial charge >= 0.3 is 5.97 Å². The molecule has 96 valence electrons. The summed E-state index contributed by atoms with van der Waals surface area (Å²) in [6, 6.07) is 5.58. The fourth-order valence-corrected chi connectivity index (χ4v) is 1.80. The number of anilines is 1. The topological polar surface area (TPSA) is 57.8 Å². The second-order valence-electron chi connectivity index (χ2n) is 3.98. The number of nitrogens with zero attached hydrogens (tertiary/aromatic N) is 3. The van der Waals surface area contributed by atoms with Gasteiger partial charge in [-0.15, -0.1) is 6.42 Å². The molecule has 0 fully saturated rings. The Hall–Kier alpha value is -2.74. The molecule has 0 bridgehead atoms. The van der Waals surface area contributed by atoms with Crippen LogP contribution >= 0.6 is 0 Å². The first-order valence-corrected chi connectivity index (χ1v) is 5.66. The van der Waals surface area contributed by atoms with Gasteiger partial charge in [-0.25, -0.2) is 9.78 Å². The molecule has 0 aromatic carbocycles. The third-order valence-electron chi connectivity index (χ3n) is 2.62. The summed E-state index contributed by atoms with van der Waals surface area (Å²) in [5.41, 5.74) is 1.43. The standard InChI is InChI=1S/C14H13N3O2/c1-3-9-16(2)14-11(7-8-13(18)19)17-10-5-4-6-12(17)15-14/h1,4-8,10H,9H2,2H3,(H,18,19)/b8-7+. The van der Waals surface area contributed by atoms with Crippen molar-refractivity contribution in [1.29, 1.82) is 0 Å². The van der Waals surface area contributed by atoms with Crippen molar-refractivity contribution in [1.82, 2.24) is 9.38 Å². The molecule has 0 amide bonds. The lowest BCUT2D eigenvalue weighted by atomic mass is 10.3. The third kappa shape index (κ3) is 2.58. The molecule has 5 heteroatoms. The van der Waals surface area contributed by atoms with Gasteiger partial charge in [0.1, 0.15) is 5.65 Å². The predicted molar refractivity (Wildman–Crippen MR) is 74.0 cm³/mol. The number of carboxylic acids is 1. The number of imidazole rings is 1. The molecular formula is C14H13N3O2. The molecule has 0 aliphatic rings. The molecule has 0 radical (unpaired) electrons. The quantitative estimate of drug-likeness (QED) is 0.664. The van der Waals surface area contributed by atoms with E-state index >= 15 is 0 Å². The van der Waals surface area contributed by atoms with Gasteiger partial charge in [-0.3, -0.25) is 4.40 Å². The molecule has 2 aromatic heterocycles. The molecule has 0 saturated carbocycles. The average molecular weight is 255 g/mol. The van der Waals surface area contributed by atoms with Gasteiger partial charge in [0.15, 0.2) is 5.82 Å². The molecule has 2 heterocycles. The first kappa shape index (κ1) is 12.7. The third-order valence-corrected chi connectivity index (χ3v) is 2.62. The number of hydrogen-bond acceptors (Lipinski definition) is 3. The van der Waals surface area contributed by atoms with Crippen LogP contribution in [0.5, 0.6) is 0 Å². The van der Waals surface area contributed by atoms with Gasteiger partial charge in [-0.2, -0.15) is 0 Å². The molecule has 2 aromatic rings. The Morgan fingerprint density at radius 2 is 2.42 bits per heavy atom. The number of rotatable bonds is 4. The number of carbonyl (C=O) groups is 1. The Morgan fingerprint density at radius 3 is 3.11 bits per heavy atom. The van der Waals surface area contributed by atoms with Crippen molar-refractivity contribution in [2.45, 2.75) is 0 Å². The van der Waals surface area contributed by atoms with Crippen molar-refractivity contribution >= 4 is 23.5 Å². The molecule has 0 saturated heterocycles. The number of pyridine rings is 1. The van der Waals surface area contributed by atoms with E-state index in [1.165, 1.54) is 6.08 Å². The normalized spacial score (nSPS) is 10.7. The van der Waals surface area contributed by atoms with Gasteiger partial charge in [0, 0.05) is 19.3 Å². The van der Waals surface area contributed by atoms with Crippen LogP contribution in [0, 0.1) is 12.3 Å². The van der Waals surface area contributed by atoms with Gasteiger partial charge in [0.2, 0.25) is 0 Å². The summed E-state index contributed by atoms with van der Waals surface area (Å²) in [5, 5.41) is 8.75. The lowest BCUT2D eigenvalue weighted by Gasteiger charge is -2.13. The molecule has 1 N–H and O–H groups in total. The fourth-order valence-electron chi connectivity index (χ4n) is 1.80. The average Bonchev–Trinajstić information content (AvgIpc) is 2.75. The number of terminal acetylenes is 1. The maximum atomic E-state index is 10.7.